The zero-order chi connectivity index (χ0) is 12.5. The molecule has 2 atom stereocenters. The minimum absolute atomic E-state index is 0.109. The van der Waals surface area contributed by atoms with E-state index in [2.05, 4.69) is 16.0 Å². The van der Waals surface area contributed by atoms with Gasteiger partial charge in [-0.3, -0.25) is 0 Å². The van der Waals surface area contributed by atoms with Crippen LogP contribution in [-0.2, 0) is 6.61 Å². The van der Waals surface area contributed by atoms with Crippen LogP contribution in [-0.4, -0.2) is 22.7 Å². The quantitative estimate of drug-likeness (QED) is 0.871. The van der Waals surface area contributed by atoms with Crippen molar-refractivity contribution in [2.45, 2.75) is 51.7 Å². The van der Waals surface area contributed by atoms with Crippen molar-refractivity contribution in [3.05, 3.63) is 23.4 Å². The molecule has 0 spiro atoms. The Morgan fingerprint density at radius 3 is 2.94 bits per heavy atom. The van der Waals surface area contributed by atoms with E-state index in [9.17, 15) is 5.11 Å². The lowest BCUT2D eigenvalue weighted by Gasteiger charge is -2.39. The number of nitrogens with zero attached hydrogens (tertiary/aromatic N) is 2. The Bertz CT molecular complexity index is 433. The maximum Gasteiger partial charge on any atom is 0.129 e. The van der Waals surface area contributed by atoms with E-state index in [1.807, 2.05) is 13.0 Å². The summed E-state index contributed by atoms with van der Waals surface area (Å²) in [6, 6.07) is 4.73. The topological polar surface area (TPSA) is 36.4 Å². The highest BCUT2D eigenvalue weighted by Gasteiger charge is 2.35. The summed E-state index contributed by atoms with van der Waals surface area (Å²) in [5, 5.41) is 9.33. The number of rotatable bonds is 2. The number of aromatic nitrogens is 1. The van der Waals surface area contributed by atoms with E-state index < -0.39 is 0 Å². The molecule has 1 aliphatic carbocycles. The Hall–Kier alpha value is -1.09. The Morgan fingerprint density at radius 1 is 1.28 bits per heavy atom. The third-order valence-corrected chi connectivity index (χ3v) is 4.47. The number of fused-ring (bicyclic) bond motifs is 1. The van der Waals surface area contributed by atoms with Crippen LogP contribution in [0.25, 0.3) is 0 Å². The molecule has 3 rings (SSSR count). The molecule has 1 aliphatic heterocycles. The van der Waals surface area contributed by atoms with Gasteiger partial charge in [-0.2, -0.15) is 0 Å². The summed E-state index contributed by atoms with van der Waals surface area (Å²) in [5.74, 6) is 1.95. The van der Waals surface area contributed by atoms with Crippen molar-refractivity contribution in [3.63, 3.8) is 0 Å². The number of hydrogen-bond acceptors (Lipinski definition) is 3. The van der Waals surface area contributed by atoms with Crippen molar-refractivity contribution < 1.29 is 5.11 Å². The van der Waals surface area contributed by atoms with Gasteiger partial charge in [-0.1, -0.05) is 6.42 Å². The molecule has 18 heavy (non-hydrogen) atoms. The Labute approximate surface area is 109 Å². The highest BCUT2D eigenvalue weighted by molar-refractivity contribution is 5.44. The van der Waals surface area contributed by atoms with Crippen LogP contribution in [0.1, 0.15) is 43.4 Å². The first-order chi connectivity index (χ1) is 8.78. The second-order valence-corrected chi connectivity index (χ2v) is 5.73. The van der Waals surface area contributed by atoms with Crippen LogP contribution in [0.3, 0.4) is 0 Å². The summed E-state index contributed by atoms with van der Waals surface area (Å²) in [5.41, 5.74) is 1.99. The largest absolute Gasteiger partial charge is 0.392 e. The van der Waals surface area contributed by atoms with E-state index in [0.29, 0.717) is 6.04 Å². The van der Waals surface area contributed by atoms with Gasteiger partial charge in [0.25, 0.3) is 0 Å². The van der Waals surface area contributed by atoms with Crippen LogP contribution in [0.5, 0.6) is 0 Å². The summed E-state index contributed by atoms with van der Waals surface area (Å²) >= 11 is 0. The van der Waals surface area contributed by atoms with Gasteiger partial charge < -0.3 is 10.0 Å². The fourth-order valence-electron chi connectivity index (χ4n) is 3.70. The molecule has 0 bridgehead atoms. The maximum absolute atomic E-state index is 9.33. The van der Waals surface area contributed by atoms with E-state index >= 15 is 0 Å². The maximum atomic E-state index is 9.33. The summed E-state index contributed by atoms with van der Waals surface area (Å²) < 4.78 is 0. The van der Waals surface area contributed by atoms with Crippen LogP contribution in [0.15, 0.2) is 12.1 Å². The Balaban J connectivity index is 1.90. The number of aryl methyl sites for hydroxylation is 1. The molecular formula is C15H22N2O. The number of aliphatic hydroxyl groups excluding tert-OH is 1. The predicted molar refractivity (Wildman–Crippen MR) is 72.6 cm³/mol. The van der Waals surface area contributed by atoms with Gasteiger partial charge in [-0.15, -0.1) is 0 Å². The van der Waals surface area contributed by atoms with Crippen molar-refractivity contribution in [1.29, 1.82) is 0 Å². The molecule has 2 unspecified atom stereocenters. The molecule has 1 aromatic rings. The lowest BCUT2D eigenvalue weighted by atomic mass is 9.92. The first kappa shape index (κ1) is 12.0. The van der Waals surface area contributed by atoms with Crippen LogP contribution < -0.4 is 4.90 Å². The third-order valence-electron chi connectivity index (χ3n) is 4.47. The molecular weight excluding hydrogens is 224 g/mol. The molecule has 1 saturated carbocycles. The Kier molecular flexibility index (Phi) is 3.25. The third kappa shape index (κ3) is 2.12. The first-order valence-electron chi connectivity index (χ1n) is 7.13. The first-order valence-corrected chi connectivity index (χ1v) is 7.13. The van der Waals surface area contributed by atoms with Crippen LogP contribution in [0.2, 0.25) is 0 Å². The van der Waals surface area contributed by atoms with Gasteiger partial charge in [0.05, 0.1) is 6.61 Å². The molecule has 3 nitrogen and oxygen atoms in total. The minimum Gasteiger partial charge on any atom is -0.392 e. The van der Waals surface area contributed by atoms with E-state index in [1.54, 1.807) is 0 Å². The van der Waals surface area contributed by atoms with Gasteiger partial charge in [0.2, 0.25) is 0 Å². The van der Waals surface area contributed by atoms with Gasteiger partial charge in [0.15, 0.2) is 0 Å². The van der Waals surface area contributed by atoms with E-state index in [4.69, 9.17) is 0 Å². The fourth-order valence-corrected chi connectivity index (χ4v) is 3.70. The average molecular weight is 246 g/mol. The fraction of sp³-hybridized carbons (Fsp3) is 0.667. The van der Waals surface area contributed by atoms with Gasteiger partial charge in [0.1, 0.15) is 5.82 Å². The monoisotopic (exact) mass is 246 g/mol. The number of aliphatic hydroxyl groups is 1. The van der Waals surface area contributed by atoms with Gasteiger partial charge in [0, 0.05) is 18.3 Å². The van der Waals surface area contributed by atoms with Crippen LogP contribution >= 0.6 is 0 Å². The molecule has 0 amide bonds. The number of anilines is 1. The van der Waals surface area contributed by atoms with E-state index in [1.165, 1.54) is 32.1 Å². The highest BCUT2D eigenvalue weighted by Crippen LogP contribution is 2.38. The summed E-state index contributed by atoms with van der Waals surface area (Å²) in [4.78, 5) is 7.17. The standard InChI is InChI=1S/C15H22N2O/c1-11-8-12(10-18)9-15(16-11)17-7-3-5-13-4-2-6-14(13)17/h8-9,13-14,18H,2-7,10H2,1H3. The number of pyridine rings is 1. The molecule has 1 aromatic heterocycles. The molecule has 3 heteroatoms. The number of piperidine rings is 1. The van der Waals surface area contributed by atoms with Crippen molar-refractivity contribution in [2.24, 2.45) is 5.92 Å². The molecule has 1 saturated heterocycles. The molecule has 1 N–H and O–H groups in total. The summed E-state index contributed by atoms with van der Waals surface area (Å²) in [7, 11) is 0. The molecule has 2 aliphatic rings. The van der Waals surface area contributed by atoms with Gasteiger partial charge in [-0.25, -0.2) is 4.98 Å². The van der Waals surface area contributed by atoms with Crippen molar-refractivity contribution in [1.82, 2.24) is 4.98 Å². The zero-order valence-electron chi connectivity index (χ0n) is 11.1. The molecule has 0 aromatic carbocycles. The second kappa shape index (κ2) is 4.88. The van der Waals surface area contributed by atoms with Crippen molar-refractivity contribution in [2.75, 3.05) is 11.4 Å². The van der Waals surface area contributed by atoms with Crippen molar-refractivity contribution >= 4 is 5.82 Å². The average Bonchev–Trinajstić information content (AvgIpc) is 2.85. The minimum atomic E-state index is 0.109. The van der Waals surface area contributed by atoms with Crippen LogP contribution in [0, 0.1) is 12.8 Å². The van der Waals surface area contributed by atoms with Gasteiger partial charge >= 0.3 is 0 Å². The zero-order valence-corrected chi connectivity index (χ0v) is 11.1. The second-order valence-electron chi connectivity index (χ2n) is 5.73. The highest BCUT2D eigenvalue weighted by atomic mass is 16.3. The van der Waals surface area contributed by atoms with Crippen molar-refractivity contribution in [3.8, 4) is 0 Å². The Morgan fingerprint density at radius 2 is 2.11 bits per heavy atom. The molecule has 98 valence electrons. The summed E-state index contributed by atoms with van der Waals surface area (Å²) in [6.07, 6.45) is 6.74. The molecule has 2 fully saturated rings. The lowest BCUT2D eigenvalue weighted by molar-refractivity contribution is 0.281. The van der Waals surface area contributed by atoms with E-state index in [-0.39, 0.29) is 6.61 Å². The normalized spacial score (nSPS) is 27.3. The molecule has 0 radical (unpaired) electrons. The SMILES string of the molecule is Cc1cc(CO)cc(N2CCCC3CCCC32)n1. The summed E-state index contributed by atoms with van der Waals surface area (Å²) in [6.45, 7) is 3.25. The lowest BCUT2D eigenvalue weighted by Crippen LogP contribution is -2.43. The van der Waals surface area contributed by atoms with E-state index in [0.717, 1.165) is 29.5 Å². The predicted octanol–water partition coefficient (Wildman–Crippen LogP) is 2.65. The number of hydrogen-bond donors (Lipinski definition) is 1. The van der Waals surface area contributed by atoms with Crippen LogP contribution in [0.4, 0.5) is 5.82 Å². The van der Waals surface area contributed by atoms with Gasteiger partial charge in [-0.05, 0) is 56.2 Å². The molecule has 2 heterocycles. The smallest absolute Gasteiger partial charge is 0.129 e.